The summed E-state index contributed by atoms with van der Waals surface area (Å²) in [5.74, 6) is -0.0434. The lowest BCUT2D eigenvalue weighted by Crippen LogP contribution is -2.23. The van der Waals surface area contributed by atoms with Crippen LogP contribution in [0.25, 0.3) is 0 Å². The predicted octanol–water partition coefficient (Wildman–Crippen LogP) is 1.46. The molecule has 1 amide bonds. The Morgan fingerprint density at radius 3 is 2.81 bits per heavy atom. The lowest BCUT2D eigenvalue weighted by atomic mass is 9.95. The largest absolute Gasteiger partial charge is 0.395 e. The summed E-state index contributed by atoms with van der Waals surface area (Å²) in [5, 5.41) is 12.1. The molecule has 3 heteroatoms. The molecule has 0 saturated heterocycles. The van der Waals surface area contributed by atoms with E-state index >= 15 is 0 Å². The Morgan fingerprint density at radius 2 is 2.25 bits per heavy atom. The Morgan fingerprint density at radius 1 is 1.50 bits per heavy atom. The minimum Gasteiger partial charge on any atom is -0.395 e. The highest BCUT2D eigenvalue weighted by molar-refractivity contribution is 5.94. The van der Waals surface area contributed by atoms with Gasteiger partial charge in [-0.05, 0) is 37.5 Å². The molecule has 1 aromatic rings. The van der Waals surface area contributed by atoms with Crippen LogP contribution in [0, 0.1) is 0 Å². The molecule has 1 aromatic carbocycles. The highest BCUT2D eigenvalue weighted by Crippen LogP contribution is 2.47. The number of aliphatic hydroxyl groups is 1. The lowest BCUT2D eigenvalue weighted by Gasteiger charge is -2.13. The van der Waals surface area contributed by atoms with Gasteiger partial charge >= 0.3 is 0 Å². The van der Waals surface area contributed by atoms with Crippen LogP contribution in [0.2, 0.25) is 0 Å². The molecule has 0 aromatic heterocycles. The lowest BCUT2D eigenvalue weighted by molar-refractivity contribution is 0.0955. The van der Waals surface area contributed by atoms with Crippen molar-refractivity contribution in [2.24, 2.45) is 0 Å². The predicted molar refractivity (Wildman–Crippen MR) is 62.4 cm³/mol. The molecule has 0 bridgehead atoms. The van der Waals surface area contributed by atoms with Gasteiger partial charge in [0.1, 0.15) is 0 Å². The van der Waals surface area contributed by atoms with Gasteiger partial charge in [-0.3, -0.25) is 4.79 Å². The molecule has 1 fully saturated rings. The van der Waals surface area contributed by atoms with Crippen molar-refractivity contribution in [1.82, 2.24) is 5.32 Å². The van der Waals surface area contributed by atoms with Crippen molar-refractivity contribution < 1.29 is 9.90 Å². The smallest absolute Gasteiger partial charge is 0.251 e. The number of benzene rings is 1. The zero-order valence-electron chi connectivity index (χ0n) is 9.49. The topological polar surface area (TPSA) is 49.3 Å². The average molecular weight is 219 g/mol. The summed E-state index contributed by atoms with van der Waals surface area (Å²) < 4.78 is 0. The number of hydrogen-bond donors (Lipinski definition) is 2. The Hall–Kier alpha value is -1.35. The third kappa shape index (κ3) is 1.95. The van der Waals surface area contributed by atoms with E-state index < -0.39 is 0 Å². The summed E-state index contributed by atoms with van der Waals surface area (Å²) in [6.07, 6.45) is 2.03. The van der Waals surface area contributed by atoms with Gasteiger partial charge in [0, 0.05) is 17.5 Å². The molecule has 1 aliphatic carbocycles. The van der Waals surface area contributed by atoms with Gasteiger partial charge in [-0.1, -0.05) is 12.1 Å². The van der Waals surface area contributed by atoms with Crippen LogP contribution in [-0.2, 0) is 5.41 Å². The normalized spacial score (nSPS) is 16.9. The first-order valence-electron chi connectivity index (χ1n) is 5.71. The number of hydrogen-bond acceptors (Lipinski definition) is 2. The van der Waals surface area contributed by atoms with Crippen LogP contribution in [0.15, 0.2) is 24.3 Å². The molecule has 0 atom stereocenters. The van der Waals surface area contributed by atoms with Gasteiger partial charge < -0.3 is 10.4 Å². The second-order valence-electron chi connectivity index (χ2n) is 4.38. The first-order chi connectivity index (χ1) is 7.72. The summed E-state index contributed by atoms with van der Waals surface area (Å²) in [6.45, 7) is 2.71. The second kappa shape index (κ2) is 4.26. The fraction of sp³-hybridized carbons (Fsp3) is 0.462. The fourth-order valence-electron chi connectivity index (χ4n) is 1.94. The van der Waals surface area contributed by atoms with Crippen LogP contribution < -0.4 is 5.32 Å². The van der Waals surface area contributed by atoms with Crippen molar-refractivity contribution in [2.45, 2.75) is 25.2 Å². The third-order valence-electron chi connectivity index (χ3n) is 3.23. The summed E-state index contributed by atoms with van der Waals surface area (Å²) in [4.78, 5) is 11.7. The fourth-order valence-corrected chi connectivity index (χ4v) is 1.94. The van der Waals surface area contributed by atoms with Crippen molar-refractivity contribution >= 4 is 5.91 Å². The molecular formula is C13H17NO2. The van der Waals surface area contributed by atoms with Crippen LogP contribution in [0.4, 0.5) is 0 Å². The minimum absolute atomic E-state index is 0.0434. The van der Waals surface area contributed by atoms with E-state index in [2.05, 4.69) is 5.32 Å². The highest BCUT2D eigenvalue weighted by Gasteiger charge is 2.43. The molecule has 0 unspecified atom stereocenters. The standard InChI is InChI=1S/C13H17NO2/c1-2-14-12(16)10-4-3-5-11(8-10)13(9-15)6-7-13/h3-5,8,15H,2,6-7,9H2,1H3,(H,14,16). The molecule has 2 rings (SSSR count). The maximum atomic E-state index is 11.7. The summed E-state index contributed by atoms with van der Waals surface area (Å²) in [5.41, 5.74) is 1.69. The Labute approximate surface area is 95.5 Å². The van der Waals surface area contributed by atoms with Crippen LogP contribution in [0.3, 0.4) is 0 Å². The number of amides is 1. The van der Waals surface area contributed by atoms with Gasteiger partial charge in [-0.2, -0.15) is 0 Å². The molecule has 1 aliphatic rings. The van der Waals surface area contributed by atoms with Crippen LogP contribution in [0.1, 0.15) is 35.7 Å². The Bertz CT molecular complexity index is 397. The van der Waals surface area contributed by atoms with Crippen molar-refractivity contribution in [3.63, 3.8) is 0 Å². The molecule has 0 radical (unpaired) electrons. The van der Waals surface area contributed by atoms with E-state index in [0.29, 0.717) is 12.1 Å². The number of rotatable bonds is 4. The van der Waals surface area contributed by atoms with Crippen molar-refractivity contribution in [3.05, 3.63) is 35.4 Å². The molecule has 0 spiro atoms. The monoisotopic (exact) mass is 219 g/mol. The molecule has 86 valence electrons. The maximum absolute atomic E-state index is 11.7. The van der Waals surface area contributed by atoms with Crippen molar-refractivity contribution in [2.75, 3.05) is 13.2 Å². The number of carbonyl (C=O) groups is 1. The number of aliphatic hydroxyl groups excluding tert-OH is 1. The molecular weight excluding hydrogens is 202 g/mol. The molecule has 1 saturated carbocycles. The number of nitrogens with one attached hydrogen (secondary N) is 1. The average Bonchev–Trinajstić information content (AvgIpc) is 3.10. The summed E-state index contributed by atoms with van der Waals surface area (Å²) in [7, 11) is 0. The SMILES string of the molecule is CCNC(=O)c1cccc(C2(CO)CC2)c1. The van der Waals surface area contributed by atoms with E-state index in [0.717, 1.165) is 18.4 Å². The first-order valence-corrected chi connectivity index (χ1v) is 5.71. The summed E-state index contributed by atoms with van der Waals surface area (Å²) in [6, 6.07) is 7.58. The molecule has 0 heterocycles. The third-order valence-corrected chi connectivity index (χ3v) is 3.23. The van der Waals surface area contributed by atoms with Crippen LogP contribution in [0.5, 0.6) is 0 Å². The second-order valence-corrected chi connectivity index (χ2v) is 4.38. The van der Waals surface area contributed by atoms with E-state index in [1.54, 1.807) is 0 Å². The first kappa shape index (κ1) is 11.1. The molecule has 0 aliphatic heterocycles. The molecule has 2 N–H and O–H groups in total. The quantitative estimate of drug-likeness (QED) is 0.805. The van der Waals surface area contributed by atoms with Crippen LogP contribution in [-0.4, -0.2) is 24.2 Å². The maximum Gasteiger partial charge on any atom is 0.251 e. The number of carbonyl (C=O) groups excluding carboxylic acids is 1. The zero-order chi connectivity index (χ0) is 11.6. The van der Waals surface area contributed by atoms with E-state index in [1.807, 2.05) is 31.2 Å². The Kier molecular flexibility index (Phi) is 2.97. The molecule has 16 heavy (non-hydrogen) atoms. The Balaban J connectivity index is 2.23. The van der Waals surface area contributed by atoms with E-state index in [-0.39, 0.29) is 17.9 Å². The van der Waals surface area contributed by atoms with Gasteiger partial charge in [0.05, 0.1) is 6.61 Å². The van der Waals surface area contributed by atoms with Crippen molar-refractivity contribution in [1.29, 1.82) is 0 Å². The van der Waals surface area contributed by atoms with Gasteiger partial charge in [-0.25, -0.2) is 0 Å². The molecule has 3 nitrogen and oxygen atoms in total. The minimum atomic E-state index is -0.0670. The van der Waals surface area contributed by atoms with Crippen molar-refractivity contribution in [3.8, 4) is 0 Å². The van der Waals surface area contributed by atoms with E-state index in [1.165, 1.54) is 0 Å². The zero-order valence-corrected chi connectivity index (χ0v) is 9.49. The van der Waals surface area contributed by atoms with Crippen LogP contribution >= 0.6 is 0 Å². The van der Waals surface area contributed by atoms with Gasteiger partial charge in [-0.15, -0.1) is 0 Å². The highest BCUT2D eigenvalue weighted by atomic mass is 16.3. The van der Waals surface area contributed by atoms with Gasteiger partial charge in [0.25, 0.3) is 5.91 Å². The van der Waals surface area contributed by atoms with E-state index in [9.17, 15) is 9.90 Å². The van der Waals surface area contributed by atoms with Gasteiger partial charge in [0.2, 0.25) is 0 Å². The summed E-state index contributed by atoms with van der Waals surface area (Å²) >= 11 is 0. The van der Waals surface area contributed by atoms with E-state index in [4.69, 9.17) is 0 Å². The van der Waals surface area contributed by atoms with Gasteiger partial charge in [0.15, 0.2) is 0 Å².